The molecule has 3 N–H and O–H groups in total. The molecular weight excluding hydrogens is 231 g/mol. The topological polar surface area (TPSA) is 47.3 Å². The molecule has 18 heavy (non-hydrogen) atoms. The monoisotopic (exact) mass is 254 g/mol. The first-order valence-corrected chi connectivity index (χ1v) is 6.48. The molecule has 0 heterocycles. The minimum atomic E-state index is -0.431. The molecular formula is C14H23FN2O. The van der Waals surface area contributed by atoms with Gasteiger partial charge < -0.3 is 15.8 Å². The molecule has 1 aromatic rings. The van der Waals surface area contributed by atoms with Crippen LogP contribution in [0.25, 0.3) is 0 Å². The van der Waals surface area contributed by atoms with Crippen LogP contribution in [-0.4, -0.2) is 13.2 Å². The minimum absolute atomic E-state index is 0.215. The Balaban J connectivity index is 2.65. The highest BCUT2D eigenvalue weighted by atomic mass is 19.1. The summed E-state index contributed by atoms with van der Waals surface area (Å²) < 4.78 is 18.3. The van der Waals surface area contributed by atoms with Crippen molar-refractivity contribution < 1.29 is 9.13 Å². The Bertz CT molecular complexity index is 382. The van der Waals surface area contributed by atoms with Crippen molar-refractivity contribution >= 4 is 11.4 Å². The highest BCUT2D eigenvalue weighted by Gasteiger charge is 2.10. The summed E-state index contributed by atoms with van der Waals surface area (Å²) in [6, 6.07) is 3.22. The summed E-state index contributed by atoms with van der Waals surface area (Å²) in [5.74, 6) is -0.216. The Kier molecular flexibility index (Phi) is 5.75. The maximum Gasteiger partial charge on any atom is 0.167 e. The van der Waals surface area contributed by atoms with E-state index in [0.717, 1.165) is 12.1 Å². The second-order valence-electron chi connectivity index (χ2n) is 4.62. The highest BCUT2D eigenvalue weighted by Crippen LogP contribution is 2.28. The van der Waals surface area contributed by atoms with Crippen LogP contribution in [0.2, 0.25) is 0 Å². The number of unbranched alkanes of at least 4 members (excludes halogenated alkanes) is 2. The summed E-state index contributed by atoms with van der Waals surface area (Å²) in [4.78, 5) is 0. The van der Waals surface area contributed by atoms with Crippen molar-refractivity contribution in [2.45, 2.75) is 45.6 Å². The standard InChI is InChI=1S/C14H23FN2O/c1-4-5-6-7-10(2)17-13-9-14(18-3)11(15)8-12(13)16/h8-10,17H,4-7,16H2,1-3H3. The minimum Gasteiger partial charge on any atom is -0.494 e. The molecule has 0 aliphatic rings. The smallest absolute Gasteiger partial charge is 0.167 e. The lowest BCUT2D eigenvalue weighted by Gasteiger charge is -2.17. The fourth-order valence-electron chi connectivity index (χ4n) is 1.89. The zero-order chi connectivity index (χ0) is 13.5. The number of rotatable bonds is 7. The molecule has 4 heteroatoms. The van der Waals surface area contributed by atoms with Crippen LogP contribution in [0.5, 0.6) is 5.75 Å². The van der Waals surface area contributed by atoms with Gasteiger partial charge in [0.15, 0.2) is 11.6 Å². The maximum atomic E-state index is 13.4. The van der Waals surface area contributed by atoms with Crippen molar-refractivity contribution in [2.75, 3.05) is 18.2 Å². The molecule has 0 saturated heterocycles. The molecule has 0 saturated carbocycles. The van der Waals surface area contributed by atoms with Gasteiger partial charge in [0.05, 0.1) is 18.5 Å². The highest BCUT2D eigenvalue weighted by molar-refractivity contribution is 5.68. The summed E-state index contributed by atoms with van der Waals surface area (Å²) in [5, 5.41) is 3.30. The van der Waals surface area contributed by atoms with E-state index in [4.69, 9.17) is 10.5 Å². The van der Waals surface area contributed by atoms with E-state index in [-0.39, 0.29) is 5.75 Å². The first-order valence-electron chi connectivity index (χ1n) is 6.48. The molecule has 1 aromatic carbocycles. The van der Waals surface area contributed by atoms with Crippen molar-refractivity contribution in [1.82, 2.24) is 0 Å². The second kappa shape index (κ2) is 7.09. The molecule has 1 unspecified atom stereocenters. The van der Waals surface area contributed by atoms with Crippen LogP contribution in [0.3, 0.4) is 0 Å². The third-order valence-electron chi connectivity index (χ3n) is 2.97. The van der Waals surface area contributed by atoms with E-state index < -0.39 is 5.82 Å². The third kappa shape index (κ3) is 4.09. The average molecular weight is 254 g/mol. The van der Waals surface area contributed by atoms with Crippen LogP contribution >= 0.6 is 0 Å². The fraction of sp³-hybridized carbons (Fsp3) is 0.571. The van der Waals surface area contributed by atoms with E-state index >= 15 is 0 Å². The molecule has 0 aromatic heterocycles. The van der Waals surface area contributed by atoms with Crippen LogP contribution in [-0.2, 0) is 0 Å². The van der Waals surface area contributed by atoms with Crippen molar-refractivity contribution in [1.29, 1.82) is 0 Å². The van der Waals surface area contributed by atoms with Gasteiger partial charge in [0, 0.05) is 18.2 Å². The van der Waals surface area contributed by atoms with Crippen molar-refractivity contribution in [3.63, 3.8) is 0 Å². The Hall–Kier alpha value is -1.45. The van der Waals surface area contributed by atoms with Gasteiger partial charge in [-0.2, -0.15) is 0 Å². The Morgan fingerprint density at radius 1 is 1.39 bits per heavy atom. The zero-order valence-corrected chi connectivity index (χ0v) is 11.4. The number of anilines is 2. The van der Waals surface area contributed by atoms with Crippen molar-refractivity contribution in [3.05, 3.63) is 17.9 Å². The van der Waals surface area contributed by atoms with Gasteiger partial charge in [-0.05, 0) is 13.3 Å². The molecule has 102 valence electrons. The predicted octanol–water partition coefficient (Wildman–Crippen LogP) is 3.80. The Morgan fingerprint density at radius 2 is 2.11 bits per heavy atom. The number of nitrogens with one attached hydrogen (secondary N) is 1. The lowest BCUT2D eigenvalue weighted by Crippen LogP contribution is -2.16. The van der Waals surface area contributed by atoms with E-state index in [2.05, 4.69) is 19.2 Å². The van der Waals surface area contributed by atoms with Crippen LogP contribution in [0.1, 0.15) is 39.5 Å². The molecule has 0 fully saturated rings. The Morgan fingerprint density at radius 3 is 2.72 bits per heavy atom. The van der Waals surface area contributed by atoms with Crippen LogP contribution < -0.4 is 15.8 Å². The third-order valence-corrected chi connectivity index (χ3v) is 2.97. The van der Waals surface area contributed by atoms with Gasteiger partial charge in [-0.25, -0.2) is 4.39 Å². The molecule has 0 aliphatic carbocycles. The quantitative estimate of drug-likeness (QED) is 0.574. The first-order chi connectivity index (χ1) is 8.58. The molecule has 0 spiro atoms. The molecule has 3 nitrogen and oxygen atoms in total. The Labute approximate surface area is 109 Å². The first kappa shape index (κ1) is 14.6. The van der Waals surface area contributed by atoms with Crippen LogP contribution in [0.15, 0.2) is 12.1 Å². The molecule has 1 rings (SSSR count). The van der Waals surface area contributed by atoms with Gasteiger partial charge >= 0.3 is 0 Å². The summed E-state index contributed by atoms with van der Waals surface area (Å²) in [6.45, 7) is 4.28. The number of benzene rings is 1. The second-order valence-corrected chi connectivity index (χ2v) is 4.62. The van der Waals surface area contributed by atoms with Gasteiger partial charge in [-0.15, -0.1) is 0 Å². The normalized spacial score (nSPS) is 12.2. The lowest BCUT2D eigenvalue weighted by atomic mass is 10.1. The summed E-state index contributed by atoms with van der Waals surface area (Å²) in [5.41, 5.74) is 6.94. The van der Waals surface area contributed by atoms with E-state index in [1.807, 2.05) is 0 Å². The average Bonchev–Trinajstić information content (AvgIpc) is 2.33. The van der Waals surface area contributed by atoms with E-state index in [1.54, 1.807) is 6.07 Å². The number of methoxy groups -OCH3 is 1. The molecule has 0 radical (unpaired) electrons. The van der Waals surface area contributed by atoms with Gasteiger partial charge in [0.1, 0.15) is 0 Å². The SMILES string of the molecule is CCCCCC(C)Nc1cc(OC)c(F)cc1N. The van der Waals surface area contributed by atoms with Crippen LogP contribution in [0.4, 0.5) is 15.8 Å². The summed E-state index contributed by atoms with van der Waals surface area (Å²) >= 11 is 0. The fourth-order valence-corrected chi connectivity index (χ4v) is 1.89. The molecule has 0 aliphatic heterocycles. The van der Waals surface area contributed by atoms with E-state index in [9.17, 15) is 4.39 Å². The lowest BCUT2D eigenvalue weighted by molar-refractivity contribution is 0.387. The van der Waals surface area contributed by atoms with Crippen molar-refractivity contribution in [2.24, 2.45) is 0 Å². The maximum absolute atomic E-state index is 13.4. The van der Waals surface area contributed by atoms with E-state index in [1.165, 1.54) is 32.4 Å². The molecule has 0 amide bonds. The van der Waals surface area contributed by atoms with Gasteiger partial charge in [0.25, 0.3) is 0 Å². The molecule has 0 bridgehead atoms. The van der Waals surface area contributed by atoms with Crippen molar-refractivity contribution in [3.8, 4) is 5.75 Å². The van der Waals surface area contributed by atoms with Gasteiger partial charge in [0.2, 0.25) is 0 Å². The number of ether oxygens (including phenoxy) is 1. The number of hydrogen-bond acceptors (Lipinski definition) is 3. The number of halogens is 1. The number of nitrogen functional groups attached to an aromatic ring is 1. The largest absolute Gasteiger partial charge is 0.494 e. The number of nitrogens with two attached hydrogens (primary N) is 1. The predicted molar refractivity (Wildman–Crippen MR) is 74.6 cm³/mol. The van der Waals surface area contributed by atoms with E-state index in [0.29, 0.717) is 11.7 Å². The molecule has 1 atom stereocenters. The van der Waals surface area contributed by atoms with Crippen LogP contribution in [0, 0.1) is 5.82 Å². The zero-order valence-electron chi connectivity index (χ0n) is 11.4. The summed E-state index contributed by atoms with van der Waals surface area (Å²) in [7, 11) is 1.45. The number of hydrogen-bond donors (Lipinski definition) is 2. The van der Waals surface area contributed by atoms with Gasteiger partial charge in [-0.1, -0.05) is 26.2 Å². The van der Waals surface area contributed by atoms with Gasteiger partial charge in [-0.3, -0.25) is 0 Å². The summed E-state index contributed by atoms with van der Waals surface area (Å²) in [6.07, 6.45) is 4.70.